The Labute approximate surface area is 123 Å². The number of benzene rings is 1. The SMILES string of the molecule is CCNC(=O)CCN1C(=O)C(=O)c2cc(Br)c(F)cc21. The maximum absolute atomic E-state index is 13.5. The summed E-state index contributed by atoms with van der Waals surface area (Å²) in [4.78, 5) is 36.2. The molecule has 0 saturated heterocycles. The lowest BCUT2D eigenvalue weighted by Gasteiger charge is -2.16. The highest BCUT2D eigenvalue weighted by molar-refractivity contribution is 9.10. The number of Topliss-reactive ketones (excluding diaryl/α,β-unsaturated/α-hetero) is 1. The summed E-state index contributed by atoms with van der Waals surface area (Å²) in [6.07, 6.45) is 0.0595. The lowest BCUT2D eigenvalue weighted by Crippen LogP contribution is -2.34. The van der Waals surface area contributed by atoms with E-state index in [9.17, 15) is 18.8 Å². The van der Waals surface area contributed by atoms with Crippen LogP contribution in [-0.4, -0.2) is 30.7 Å². The molecule has 0 saturated carbocycles. The molecule has 1 heterocycles. The fraction of sp³-hybridized carbons (Fsp3) is 0.308. The van der Waals surface area contributed by atoms with Crippen LogP contribution in [0, 0.1) is 5.82 Å². The van der Waals surface area contributed by atoms with E-state index >= 15 is 0 Å². The van der Waals surface area contributed by atoms with Crippen LogP contribution in [-0.2, 0) is 9.59 Å². The van der Waals surface area contributed by atoms with Crippen molar-refractivity contribution in [3.8, 4) is 0 Å². The van der Waals surface area contributed by atoms with Crippen molar-refractivity contribution >= 4 is 39.2 Å². The number of amides is 2. The molecule has 0 aromatic heterocycles. The number of nitrogens with one attached hydrogen (secondary N) is 1. The van der Waals surface area contributed by atoms with E-state index in [1.165, 1.54) is 6.07 Å². The molecule has 0 spiro atoms. The molecular weight excluding hydrogens is 331 g/mol. The van der Waals surface area contributed by atoms with Crippen molar-refractivity contribution < 1.29 is 18.8 Å². The molecule has 1 aromatic rings. The summed E-state index contributed by atoms with van der Waals surface area (Å²) in [5.41, 5.74) is 0.365. The van der Waals surface area contributed by atoms with Crippen molar-refractivity contribution in [2.75, 3.05) is 18.0 Å². The Kier molecular flexibility index (Phi) is 4.17. The van der Waals surface area contributed by atoms with Crippen LogP contribution in [0.4, 0.5) is 10.1 Å². The van der Waals surface area contributed by atoms with Crippen LogP contribution in [0.2, 0.25) is 0 Å². The normalized spacial score (nSPS) is 13.7. The lowest BCUT2D eigenvalue weighted by atomic mass is 10.1. The highest BCUT2D eigenvalue weighted by Crippen LogP contribution is 2.33. The number of anilines is 1. The van der Waals surface area contributed by atoms with Gasteiger partial charge in [-0.15, -0.1) is 0 Å². The standard InChI is InChI=1S/C13H12BrFN2O3/c1-2-16-11(18)3-4-17-10-6-9(15)8(14)5-7(10)12(19)13(17)20/h5-6H,2-4H2,1H3,(H,16,18). The minimum absolute atomic E-state index is 0.0461. The van der Waals surface area contributed by atoms with Gasteiger partial charge in [0.25, 0.3) is 11.7 Å². The minimum atomic E-state index is -0.734. The van der Waals surface area contributed by atoms with Gasteiger partial charge in [-0.2, -0.15) is 0 Å². The van der Waals surface area contributed by atoms with Crippen molar-refractivity contribution in [1.29, 1.82) is 0 Å². The lowest BCUT2D eigenvalue weighted by molar-refractivity contribution is -0.120. The second-order valence-corrected chi connectivity index (χ2v) is 5.13. The van der Waals surface area contributed by atoms with Crippen molar-refractivity contribution in [1.82, 2.24) is 5.32 Å². The van der Waals surface area contributed by atoms with Gasteiger partial charge in [0.2, 0.25) is 5.91 Å². The van der Waals surface area contributed by atoms with Crippen molar-refractivity contribution in [3.63, 3.8) is 0 Å². The molecule has 0 aliphatic carbocycles. The third-order valence-electron chi connectivity index (χ3n) is 2.95. The Balaban J connectivity index is 2.24. The first-order valence-corrected chi connectivity index (χ1v) is 6.87. The fourth-order valence-electron chi connectivity index (χ4n) is 2.01. The van der Waals surface area contributed by atoms with E-state index in [1.54, 1.807) is 6.92 Å². The quantitative estimate of drug-likeness (QED) is 0.846. The average molecular weight is 343 g/mol. The van der Waals surface area contributed by atoms with Crippen LogP contribution < -0.4 is 10.2 Å². The molecule has 0 bridgehead atoms. The van der Waals surface area contributed by atoms with Gasteiger partial charge in [-0.3, -0.25) is 14.4 Å². The number of ketones is 1. The number of carbonyl (C=O) groups is 3. The molecule has 7 heteroatoms. The van der Waals surface area contributed by atoms with Crippen molar-refractivity contribution in [2.24, 2.45) is 0 Å². The van der Waals surface area contributed by atoms with Crippen molar-refractivity contribution in [3.05, 3.63) is 28.0 Å². The van der Waals surface area contributed by atoms with Crippen LogP contribution in [0.5, 0.6) is 0 Å². The zero-order chi connectivity index (χ0) is 14.9. The first kappa shape index (κ1) is 14.6. The Morgan fingerprint density at radius 1 is 1.40 bits per heavy atom. The summed E-state index contributed by atoms with van der Waals surface area (Å²) in [7, 11) is 0. The molecule has 0 atom stereocenters. The molecule has 0 fully saturated rings. The number of rotatable bonds is 4. The van der Waals surface area contributed by atoms with E-state index in [4.69, 9.17) is 0 Å². The van der Waals surface area contributed by atoms with E-state index in [0.29, 0.717) is 6.54 Å². The molecule has 1 N–H and O–H groups in total. The second-order valence-electron chi connectivity index (χ2n) is 4.27. The highest BCUT2D eigenvalue weighted by Gasteiger charge is 2.36. The van der Waals surface area contributed by atoms with Gasteiger partial charge >= 0.3 is 0 Å². The van der Waals surface area contributed by atoms with Gasteiger partial charge in [-0.25, -0.2) is 4.39 Å². The maximum Gasteiger partial charge on any atom is 0.299 e. The van der Waals surface area contributed by atoms with E-state index < -0.39 is 17.5 Å². The monoisotopic (exact) mass is 342 g/mol. The Bertz CT molecular complexity index is 604. The summed E-state index contributed by atoms with van der Waals surface area (Å²) in [5.74, 6) is -2.20. The Morgan fingerprint density at radius 2 is 2.10 bits per heavy atom. The Morgan fingerprint density at radius 3 is 2.75 bits per heavy atom. The first-order valence-electron chi connectivity index (χ1n) is 6.07. The third-order valence-corrected chi connectivity index (χ3v) is 3.56. The predicted octanol–water partition coefficient (Wildman–Crippen LogP) is 1.64. The molecule has 20 heavy (non-hydrogen) atoms. The number of nitrogens with zero attached hydrogens (tertiary/aromatic N) is 1. The van der Waals surface area contributed by atoms with E-state index in [-0.39, 0.29) is 34.6 Å². The summed E-state index contributed by atoms with van der Waals surface area (Å²) in [6, 6.07) is 2.41. The maximum atomic E-state index is 13.5. The van der Waals surface area contributed by atoms with Gasteiger partial charge < -0.3 is 10.2 Å². The van der Waals surface area contributed by atoms with Crippen LogP contribution in [0.15, 0.2) is 16.6 Å². The highest BCUT2D eigenvalue weighted by atomic mass is 79.9. The Hall–Kier alpha value is -1.76. The smallest absolute Gasteiger partial charge is 0.299 e. The number of halogens is 2. The number of carbonyl (C=O) groups excluding carboxylic acids is 3. The van der Waals surface area contributed by atoms with Crippen LogP contribution in [0.3, 0.4) is 0 Å². The summed E-state index contributed by atoms with van der Waals surface area (Å²) >= 11 is 2.98. The molecule has 1 aliphatic rings. The topological polar surface area (TPSA) is 66.5 Å². The van der Waals surface area contributed by atoms with E-state index in [0.717, 1.165) is 11.0 Å². The average Bonchev–Trinajstić information content (AvgIpc) is 2.62. The van der Waals surface area contributed by atoms with Crippen LogP contribution >= 0.6 is 15.9 Å². The zero-order valence-electron chi connectivity index (χ0n) is 10.7. The fourth-order valence-corrected chi connectivity index (χ4v) is 2.35. The summed E-state index contributed by atoms with van der Waals surface area (Å²) < 4.78 is 13.7. The van der Waals surface area contributed by atoms with E-state index in [1.807, 2.05) is 0 Å². The predicted molar refractivity (Wildman–Crippen MR) is 74.1 cm³/mol. The second kappa shape index (κ2) is 5.70. The van der Waals surface area contributed by atoms with Gasteiger partial charge in [0.1, 0.15) is 5.82 Å². The van der Waals surface area contributed by atoms with Crippen molar-refractivity contribution in [2.45, 2.75) is 13.3 Å². The van der Waals surface area contributed by atoms with E-state index in [2.05, 4.69) is 21.2 Å². The van der Waals surface area contributed by atoms with Gasteiger partial charge in [-0.1, -0.05) is 0 Å². The van der Waals surface area contributed by atoms with Gasteiger partial charge in [0.05, 0.1) is 15.7 Å². The largest absolute Gasteiger partial charge is 0.356 e. The summed E-state index contributed by atoms with van der Waals surface area (Å²) in [5, 5.41) is 2.60. The molecule has 5 nitrogen and oxygen atoms in total. The molecule has 0 radical (unpaired) electrons. The number of hydrogen-bond acceptors (Lipinski definition) is 3. The molecule has 106 valence electrons. The van der Waals surface area contributed by atoms with Gasteiger partial charge in [0.15, 0.2) is 0 Å². The molecule has 1 aromatic carbocycles. The number of fused-ring (bicyclic) bond motifs is 1. The minimum Gasteiger partial charge on any atom is -0.356 e. The van der Waals surface area contributed by atoms with Crippen LogP contribution in [0.25, 0.3) is 0 Å². The zero-order valence-corrected chi connectivity index (χ0v) is 12.3. The summed E-state index contributed by atoms with van der Waals surface area (Å²) in [6.45, 7) is 2.32. The van der Waals surface area contributed by atoms with Crippen LogP contribution in [0.1, 0.15) is 23.7 Å². The molecule has 1 aliphatic heterocycles. The van der Waals surface area contributed by atoms with Gasteiger partial charge in [-0.05, 0) is 35.0 Å². The third kappa shape index (κ3) is 2.58. The molecule has 2 rings (SSSR count). The molecular formula is C13H12BrFN2O3. The number of hydrogen-bond donors (Lipinski definition) is 1. The van der Waals surface area contributed by atoms with Gasteiger partial charge in [0, 0.05) is 19.5 Å². The first-order chi connectivity index (χ1) is 9.45. The molecule has 2 amide bonds. The molecule has 0 unspecified atom stereocenters.